The Balaban J connectivity index is 2.76. The molecule has 0 fully saturated rings. The van der Waals surface area contributed by atoms with E-state index < -0.39 is 23.7 Å². The summed E-state index contributed by atoms with van der Waals surface area (Å²) in [5.41, 5.74) is 0.137. The van der Waals surface area contributed by atoms with Crippen molar-refractivity contribution in [3.63, 3.8) is 0 Å². The van der Waals surface area contributed by atoms with E-state index in [0.717, 1.165) is 12.1 Å². The molecule has 4 nitrogen and oxygen atoms in total. The molecule has 1 aromatic rings. The molecule has 0 saturated carbocycles. The van der Waals surface area contributed by atoms with Crippen LogP contribution < -0.4 is 5.32 Å². The zero-order valence-corrected chi connectivity index (χ0v) is 8.03. The Kier molecular flexibility index (Phi) is 3.51. The van der Waals surface area contributed by atoms with Crippen molar-refractivity contribution in [2.24, 2.45) is 0 Å². The van der Waals surface area contributed by atoms with E-state index in [1.807, 2.05) is 5.32 Å². The molecule has 2 N–H and O–H groups in total. The molecule has 0 saturated heterocycles. The number of Topliss-reactive ketones (excluding diaryl/α,β-unsaturated/α-hetero) is 1. The van der Waals surface area contributed by atoms with Crippen molar-refractivity contribution in [3.8, 4) is 0 Å². The van der Waals surface area contributed by atoms with Crippen molar-refractivity contribution in [1.82, 2.24) is 5.32 Å². The van der Waals surface area contributed by atoms with Crippen molar-refractivity contribution in [2.75, 3.05) is 0 Å². The minimum atomic E-state index is -1.59. The third kappa shape index (κ3) is 3.14. The molecule has 80 valence electrons. The number of hydrogen-bond acceptors (Lipinski definition) is 3. The van der Waals surface area contributed by atoms with Gasteiger partial charge in [0.05, 0.1) is 0 Å². The van der Waals surface area contributed by atoms with E-state index in [0.29, 0.717) is 0 Å². The fourth-order valence-corrected chi connectivity index (χ4v) is 1.03. The van der Waals surface area contributed by atoms with Crippen LogP contribution in [0.4, 0.5) is 4.39 Å². The normalized spacial score (nSPS) is 11.9. The molecule has 15 heavy (non-hydrogen) atoms. The minimum Gasteiger partial charge on any atom is -0.367 e. The predicted octanol–water partition coefficient (Wildman–Crippen LogP) is 0.463. The number of rotatable bonds is 3. The average molecular weight is 211 g/mol. The van der Waals surface area contributed by atoms with E-state index in [4.69, 9.17) is 0 Å². The molecule has 1 amide bonds. The second-order valence-corrected chi connectivity index (χ2v) is 2.97. The molecule has 0 bridgehead atoms. The van der Waals surface area contributed by atoms with Gasteiger partial charge in [-0.2, -0.15) is 0 Å². The number of amides is 1. The molecule has 0 aromatic heterocycles. The van der Waals surface area contributed by atoms with Gasteiger partial charge in [-0.1, -0.05) is 0 Å². The quantitative estimate of drug-likeness (QED) is 0.564. The standard InChI is InChI=1S/C10H10FNO3/c1-6(13)12-10(15)9(14)7-2-4-8(11)5-3-7/h2-5,10,15H,1H3,(H,12,13)/t10-/m1/s1. The topological polar surface area (TPSA) is 66.4 Å². The second kappa shape index (κ2) is 4.65. The molecular formula is C10H10FNO3. The predicted molar refractivity (Wildman–Crippen MR) is 50.6 cm³/mol. The number of halogens is 1. The van der Waals surface area contributed by atoms with Crippen molar-refractivity contribution in [1.29, 1.82) is 0 Å². The lowest BCUT2D eigenvalue weighted by molar-refractivity contribution is -0.121. The van der Waals surface area contributed by atoms with Gasteiger partial charge in [0.1, 0.15) is 5.82 Å². The molecule has 5 heteroatoms. The van der Waals surface area contributed by atoms with Crippen molar-refractivity contribution < 1.29 is 19.1 Å². The molecule has 1 atom stereocenters. The summed E-state index contributed by atoms with van der Waals surface area (Å²) in [6.45, 7) is 1.18. The summed E-state index contributed by atoms with van der Waals surface area (Å²) in [5, 5.41) is 11.3. The fourth-order valence-electron chi connectivity index (χ4n) is 1.03. The highest BCUT2D eigenvalue weighted by molar-refractivity contribution is 6.00. The smallest absolute Gasteiger partial charge is 0.219 e. The molecule has 0 unspecified atom stereocenters. The van der Waals surface area contributed by atoms with E-state index in [1.165, 1.54) is 19.1 Å². The van der Waals surface area contributed by atoms with Crippen molar-refractivity contribution >= 4 is 11.7 Å². The van der Waals surface area contributed by atoms with Gasteiger partial charge in [0.2, 0.25) is 11.7 Å². The first-order valence-electron chi connectivity index (χ1n) is 4.25. The number of hydrogen-bond donors (Lipinski definition) is 2. The maximum Gasteiger partial charge on any atom is 0.219 e. The SMILES string of the molecule is CC(=O)N[C@H](O)C(=O)c1ccc(F)cc1. The number of aliphatic hydroxyl groups is 1. The molecule has 0 heterocycles. The monoisotopic (exact) mass is 211 g/mol. The van der Waals surface area contributed by atoms with Crippen molar-refractivity contribution in [3.05, 3.63) is 35.6 Å². The number of carbonyl (C=O) groups is 2. The highest BCUT2D eigenvalue weighted by Crippen LogP contribution is 2.05. The second-order valence-electron chi connectivity index (χ2n) is 2.97. The summed E-state index contributed by atoms with van der Waals surface area (Å²) < 4.78 is 12.5. The van der Waals surface area contributed by atoms with E-state index in [-0.39, 0.29) is 5.56 Å². The van der Waals surface area contributed by atoms with Crippen LogP contribution in [0, 0.1) is 5.82 Å². The van der Waals surface area contributed by atoms with Crippen molar-refractivity contribution in [2.45, 2.75) is 13.2 Å². The third-order valence-corrected chi connectivity index (χ3v) is 1.72. The van der Waals surface area contributed by atoms with E-state index >= 15 is 0 Å². The van der Waals surface area contributed by atoms with Gasteiger partial charge in [-0.3, -0.25) is 9.59 Å². The van der Waals surface area contributed by atoms with Gasteiger partial charge in [-0.15, -0.1) is 0 Å². The van der Waals surface area contributed by atoms with Crippen LogP contribution in [0.25, 0.3) is 0 Å². The molecule has 0 spiro atoms. The summed E-state index contributed by atoms with van der Waals surface area (Å²) in [6, 6.07) is 4.69. The first-order valence-corrected chi connectivity index (χ1v) is 4.25. The Bertz CT molecular complexity index is 375. The summed E-state index contributed by atoms with van der Waals surface area (Å²) in [4.78, 5) is 22.0. The number of benzene rings is 1. The number of nitrogens with one attached hydrogen (secondary N) is 1. The van der Waals surface area contributed by atoms with Crippen LogP contribution in [-0.4, -0.2) is 23.0 Å². The van der Waals surface area contributed by atoms with Crippen LogP contribution in [0.1, 0.15) is 17.3 Å². The average Bonchev–Trinajstić information content (AvgIpc) is 2.17. The largest absolute Gasteiger partial charge is 0.367 e. The van der Waals surface area contributed by atoms with Gasteiger partial charge < -0.3 is 10.4 Å². The zero-order valence-electron chi connectivity index (χ0n) is 8.03. The Morgan fingerprint density at radius 1 is 1.33 bits per heavy atom. The fraction of sp³-hybridized carbons (Fsp3) is 0.200. The molecule has 0 radical (unpaired) electrons. The first-order chi connectivity index (χ1) is 7.00. The lowest BCUT2D eigenvalue weighted by atomic mass is 10.1. The summed E-state index contributed by atoms with van der Waals surface area (Å²) in [5.74, 6) is -1.66. The first kappa shape index (κ1) is 11.3. The van der Waals surface area contributed by atoms with Crippen LogP contribution >= 0.6 is 0 Å². The molecule has 1 rings (SSSR count). The van der Waals surface area contributed by atoms with Crippen LogP contribution in [0.3, 0.4) is 0 Å². The highest BCUT2D eigenvalue weighted by Gasteiger charge is 2.17. The molecular weight excluding hydrogens is 201 g/mol. The molecule has 0 aliphatic carbocycles. The van der Waals surface area contributed by atoms with Crippen LogP contribution in [-0.2, 0) is 4.79 Å². The molecule has 0 aliphatic rings. The van der Waals surface area contributed by atoms with E-state index in [2.05, 4.69) is 0 Å². The van der Waals surface area contributed by atoms with Gasteiger partial charge in [-0.05, 0) is 24.3 Å². The maximum atomic E-state index is 12.5. The van der Waals surface area contributed by atoms with Gasteiger partial charge in [0, 0.05) is 12.5 Å². The molecule has 0 aliphatic heterocycles. The molecule has 1 aromatic carbocycles. The van der Waals surface area contributed by atoms with Crippen LogP contribution in [0.15, 0.2) is 24.3 Å². The number of ketones is 1. The van der Waals surface area contributed by atoms with E-state index in [1.54, 1.807) is 0 Å². The third-order valence-electron chi connectivity index (χ3n) is 1.72. The zero-order chi connectivity index (χ0) is 11.4. The Morgan fingerprint density at radius 3 is 2.33 bits per heavy atom. The summed E-state index contributed by atoms with van der Waals surface area (Å²) in [6.07, 6.45) is -1.59. The lowest BCUT2D eigenvalue weighted by Crippen LogP contribution is -2.39. The maximum absolute atomic E-state index is 12.5. The van der Waals surface area contributed by atoms with Gasteiger partial charge in [0.25, 0.3) is 0 Å². The van der Waals surface area contributed by atoms with Gasteiger partial charge >= 0.3 is 0 Å². The summed E-state index contributed by atoms with van der Waals surface area (Å²) in [7, 11) is 0. The van der Waals surface area contributed by atoms with Crippen LogP contribution in [0.2, 0.25) is 0 Å². The van der Waals surface area contributed by atoms with Crippen LogP contribution in [0.5, 0.6) is 0 Å². The van der Waals surface area contributed by atoms with E-state index in [9.17, 15) is 19.1 Å². The summed E-state index contributed by atoms with van der Waals surface area (Å²) >= 11 is 0. The Labute approximate surface area is 85.7 Å². The highest BCUT2D eigenvalue weighted by atomic mass is 19.1. The Morgan fingerprint density at radius 2 is 1.87 bits per heavy atom. The number of carbonyl (C=O) groups excluding carboxylic acids is 2. The lowest BCUT2D eigenvalue weighted by Gasteiger charge is -2.09. The Hall–Kier alpha value is -1.75. The minimum absolute atomic E-state index is 0.137. The van der Waals surface area contributed by atoms with Gasteiger partial charge in [-0.25, -0.2) is 4.39 Å². The number of aliphatic hydroxyl groups excluding tert-OH is 1. The van der Waals surface area contributed by atoms with Gasteiger partial charge in [0.15, 0.2) is 6.23 Å².